The van der Waals surface area contributed by atoms with Crippen LogP contribution in [-0.2, 0) is 6.18 Å². The molecule has 0 aliphatic heterocycles. The Morgan fingerprint density at radius 3 is 2.60 bits per heavy atom. The number of hydrogen-bond donors (Lipinski definition) is 2. The van der Waals surface area contributed by atoms with Crippen LogP contribution in [0.1, 0.15) is 16.1 Å². The molecular formula is C12H9F3N2O3. The van der Waals surface area contributed by atoms with E-state index >= 15 is 0 Å². The average Bonchev–Trinajstić information content (AvgIpc) is 2.86. The Labute approximate surface area is 111 Å². The minimum absolute atomic E-state index is 0.0375. The van der Waals surface area contributed by atoms with Gasteiger partial charge in [-0.3, -0.25) is 0 Å². The van der Waals surface area contributed by atoms with Gasteiger partial charge in [-0.05, 0) is 18.2 Å². The van der Waals surface area contributed by atoms with Crippen LogP contribution in [0, 0.1) is 0 Å². The van der Waals surface area contributed by atoms with Crippen molar-refractivity contribution in [3.05, 3.63) is 35.7 Å². The monoisotopic (exact) mass is 286 g/mol. The molecule has 0 radical (unpaired) electrons. The van der Waals surface area contributed by atoms with Crippen LogP contribution in [0.3, 0.4) is 0 Å². The first-order valence-electron chi connectivity index (χ1n) is 5.37. The fraction of sp³-hybridized carbons (Fsp3) is 0.167. The summed E-state index contributed by atoms with van der Waals surface area (Å²) in [4.78, 5) is 16.9. The van der Waals surface area contributed by atoms with Gasteiger partial charge in [0, 0.05) is 5.56 Å². The highest BCUT2D eigenvalue weighted by Crippen LogP contribution is 2.38. The molecule has 2 aromatic rings. The number of benzene rings is 1. The number of hydrogen-bond acceptors (Lipinski definition) is 3. The fourth-order valence-corrected chi connectivity index (χ4v) is 1.65. The van der Waals surface area contributed by atoms with E-state index in [9.17, 15) is 18.0 Å². The highest BCUT2D eigenvalue weighted by molar-refractivity contribution is 5.85. The Kier molecular flexibility index (Phi) is 3.39. The average molecular weight is 286 g/mol. The number of carbonyl (C=O) groups is 1. The van der Waals surface area contributed by atoms with Gasteiger partial charge in [0.05, 0.1) is 18.9 Å². The van der Waals surface area contributed by atoms with Crippen LogP contribution < -0.4 is 4.74 Å². The molecule has 0 aliphatic rings. The minimum atomic E-state index is -4.58. The number of halogens is 3. The number of H-pyrrole nitrogens is 1. The molecule has 0 saturated carbocycles. The van der Waals surface area contributed by atoms with E-state index in [1.54, 1.807) is 0 Å². The molecule has 0 amide bonds. The number of aromatic carboxylic acids is 1. The van der Waals surface area contributed by atoms with E-state index in [4.69, 9.17) is 5.11 Å². The zero-order valence-electron chi connectivity index (χ0n) is 10.2. The summed E-state index contributed by atoms with van der Waals surface area (Å²) >= 11 is 0. The maximum atomic E-state index is 12.9. The summed E-state index contributed by atoms with van der Waals surface area (Å²) in [6.45, 7) is 0. The standard InChI is InChI=1S/C12H9F3N2O3/c1-20-9-3-2-6(4-7(9)12(13,14)15)10-16-5-8(17-10)11(18)19/h2-5H,1H3,(H,16,17)(H,18,19). The Balaban J connectivity index is 2.50. The van der Waals surface area contributed by atoms with Crippen molar-refractivity contribution >= 4 is 5.97 Å². The lowest BCUT2D eigenvalue weighted by molar-refractivity contribution is -0.138. The van der Waals surface area contributed by atoms with Crippen LogP contribution in [0.2, 0.25) is 0 Å². The number of aromatic nitrogens is 2. The number of imidazole rings is 1. The smallest absolute Gasteiger partial charge is 0.419 e. The predicted octanol–water partition coefficient (Wildman–Crippen LogP) is 2.80. The minimum Gasteiger partial charge on any atom is -0.496 e. The molecule has 106 valence electrons. The predicted molar refractivity (Wildman–Crippen MR) is 62.5 cm³/mol. The molecule has 1 aromatic heterocycles. The fourth-order valence-electron chi connectivity index (χ4n) is 1.65. The summed E-state index contributed by atoms with van der Waals surface area (Å²) in [6, 6.07) is 3.36. The van der Waals surface area contributed by atoms with Crippen molar-refractivity contribution < 1.29 is 27.8 Å². The lowest BCUT2D eigenvalue weighted by atomic mass is 10.1. The number of alkyl halides is 3. The number of carboxylic acids is 1. The Morgan fingerprint density at radius 1 is 1.40 bits per heavy atom. The molecule has 0 aliphatic carbocycles. The second kappa shape index (κ2) is 4.87. The van der Waals surface area contributed by atoms with Crippen LogP contribution in [-0.4, -0.2) is 28.2 Å². The number of carboxylic acid groups (broad SMARTS) is 1. The summed E-state index contributed by atoms with van der Waals surface area (Å²) in [5.74, 6) is -1.52. The summed E-state index contributed by atoms with van der Waals surface area (Å²) < 4.78 is 43.2. The highest BCUT2D eigenvalue weighted by atomic mass is 19.4. The first-order valence-corrected chi connectivity index (χ1v) is 5.37. The highest BCUT2D eigenvalue weighted by Gasteiger charge is 2.34. The first-order chi connectivity index (χ1) is 9.32. The van der Waals surface area contributed by atoms with E-state index in [0.717, 1.165) is 25.4 Å². The van der Waals surface area contributed by atoms with Crippen LogP contribution in [0.4, 0.5) is 13.2 Å². The van der Waals surface area contributed by atoms with Crippen LogP contribution in [0.25, 0.3) is 11.4 Å². The number of nitrogens with zero attached hydrogens (tertiary/aromatic N) is 1. The van der Waals surface area contributed by atoms with Gasteiger partial charge in [-0.1, -0.05) is 0 Å². The third kappa shape index (κ3) is 2.58. The molecule has 0 fully saturated rings. The third-order valence-corrected chi connectivity index (χ3v) is 2.58. The summed E-state index contributed by atoms with van der Waals surface area (Å²) in [5.41, 5.74) is -1.04. The van der Waals surface area contributed by atoms with Gasteiger partial charge in [-0.15, -0.1) is 0 Å². The largest absolute Gasteiger partial charge is 0.496 e. The summed E-state index contributed by atoms with van der Waals surface area (Å²) in [5, 5.41) is 8.74. The van der Waals surface area contributed by atoms with Gasteiger partial charge < -0.3 is 14.8 Å². The quantitative estimate of drug-likeness (QED) is 0.909. The van der Waals surface area contributed by atoms with Gasteiger partial charge in [0.1, 0.15) is 17.3 Å². The van der Waals surface area contributed by atoms with E-state index < -0.39 is 17.7 Å². The van der Waals surface area contributed by atoms with Gasteiger partial charge in [0.2, 0.25) is 0 Å². The number of nitrogens with one attached hydrogen (secondary N) is 1. The van der Waals surface area contributed by atoms with E-state index in [-0.39, 0.29) is 22.8 Å². The molecule has 5 nitrogen and oxygen atoms in total. The molecule has 20 heavy (non-hydrogen) atoms. The summed E-state index contributed by atoms with van der Waals surface area (Å²) in [7, 11) is 1.14. The van der Waals surface area contributed by atoms with E-state index in [1.165, 1.54) is 6.07 Å². The van der Waals surface area contributed by atoms with Crippen molar-refractivity contribution in [2.75, 3.05) is 7.11 Å². The number of aromatic amines is 1. The van der Waals surface area contributed by atoms with Gasteiger partial charge in [-0.25, -0.2) is 9.78 Å². The van der Waals surface area contributed by atoms with Crippen molar-refractivity contribution in [1.29, 1.82) is 0 Å². The van der Waals surface area contributed by atoms with Crippen molar-refractivity contribution in [2.45, 2.75) is 6.18 Å². The molecule has 2 rings (SSSR count). The van der Waals surface area contributed by atoms with Gasteiger partial charge in [0.15, 0.2) is 0 Å². The SMILES string of the molecule is COc1ccc(-c2ncc(C(=O)O)[nH]2)cc1C(F)(F)F. The van der Waals surface area contributed by atoms with Crippen LogP contribution in [0.5, 0.6) is 5.75 Å². The molecule has 0 bridgehead atoms. The van der Waals surface area contributed by atoms with Crippen molar-refractivity contribution in [2.24, 2.45) is 0 Å². The lowest BCUT2D eigenvalue weighted by Crippen LogP contribution is -2.07. The van der Waals surface area contributed by atoms with Crippen molar-refractivity contribution in [3.63, 3.8) is 0 Å². The number of rotatable bonds is 3. The van der Waals surface area contributed by atoms with Gasteiger partial charge >= 0.3 is 12.1 Å². The van der Waals surface area contributed by atoms with Gasteiger partial charge in [-0.2, -0.15) is 13.2 Å². The van der Waals surface area contributed by atoms with Crippen molar-refractivity contribution in [1.82, 2.24) is 9.97 Å². The Morgan fingerprint density at radius 2 is 2.10 bits per heavy atom. The van der Waals surface area contributed by atoms with Crippen LogP contribution in [0.15, 0.2) is 24.4 Å². The maximum Gasteiger partial charge on any atom is 0.419 e. The lowest BCUT2D eigenvalue weighted by Gasteiger charge is -2.12. The number of ether oxygens (including phenoxy) is 1. The third-order valence-electron chi connectivity index (χ3n) is 2.58. The molecule has 0 saturated heterocycles. The molecule has 8 heteroatoms. The van der Waals surface area contributed by atoms with E-state index in [2.05, 4.69) is 14.7 Å². The topological polar surface area (TPSA) is 75.2 Å². The molecule has 0 atom stereocenters. The molecule has 0 unspecified atom stereocenters. The van der Waals surface area contributed by atoms with E-state index in [1.807, 2.05) is 0 Å². The molecule has 1 heterocycles. The Bertz CT molecular complexity index is 650. The van der Waals surface area contributed by atoms with Gasteiger partial charge in [0.25, 0.3) is 0 Å². The second-order valence-corrected chi connectivity index (χ2v) is 3.86. The Hall–Kier alpha value is -2.51. The zero-order valence-corrected chi connectivity index (χ0v) is 10.2. The number of methoxy groups -OCH3 is 1. The van der Waals surface area contributed by atoms with Crippen LogP contribution >= 0.6 is 0 Å². The normalized spacial score (nSPS) is 11.4. The first kappa shape index (κ1) is 13.9. The van der Waals surface area contributed by atoms with Crippen molar-refractivity contribution in [3.8, 4) is 17.1 Å². The maximum absolute atomic E-state index is 12.9. The second-order valence-electron chi connectivity index (χ2n) is 3.86. The van der Waals surface area contributed by atoms with E-state index in [0.29, 0.717) is 0 Å². The molecular weight excluding hydrogens is 277 g/mol. The molecule has 0 spiro atoms. The molecule has 2 N–H and O–H groups in total. The zero-order chi connectivity index (χ0) is 14.9. The summed E-state index contributed by atoms with van der Waals surface area (Å²) in [6.07, 6.45) is -3.54. The molecule has 1 aromatic carbocycles.